The predicted molar refractivity (Wildman–Crippen MR) is 131 cm³/mol. The van der Waals surface area contributed by atoms with Gasteiger partial charge in [-0.1, -0.05) is 155 Å². The first-order chi connectivity index (χ1) is 14.3. The second-order valence-corrected chi connectivity index (χ2v) is 9.50. The topological polar surface area (TPSA) is 23.8 Å². The van der Waals surface area contributed by atoms with Crippen molar-refractivity contribution >= 4 is 0 Å². The van der Waals surface area contributed by atoms with Crippen molar-refractivity contribution in [2.45, 2.75) is 168 Å². The first kappa shape index (κ1) is 28.5. The van der Waals surface area contributed by atoms with E-state index in [0.717, 1.165) is 6.42 Å². The molecule has 0 aromatic carbocycles. The van der Waals surface area contributed by atoms with Crippen LogP contribution in [0.4, 0.5) is 0 Å². The SMILES string of the molecule is CCCCCCCCCCCCCCCCCCCCCCCC(CC)CC#N. The van der Waals surface area contributed by atoms with Crippen LogP contribution in [0, 0.1) is 17.2 Å². The zero-order chi connectivity index (χ0) is 21.3. The molecule has 29 heavy (non-hydrogen) atoms. The number of nitriles is 1. The third-order valence-electron chi connectivity index (χ3n) is 6.67. The van der Waals surface area contributed by atoms with E-state index in [1.807, 2.05) is 0 Å². The third-order valence-corrected chi connectivity index (χ3v) is 6.67. The quantitative estimate of drug-likeness (QED) is 0.146. The Balaban J connectivity index is 3.07. The second kappa shape index (κ2) is 25.5. The summed E-state index contributed by atoms with van der Waals surface area (Å²) >= 11 is 0. The molecule has 0 heterocycles. The van der Waals surface area contributed by atoms with Crippen LogP contribution in [0.15, 0.2) is 0 Å². The Hall–Kier alpha value is -0.510. The van der Waals surface area contributed by atoms with Crippen LogP contribution >= 0.6 is 0 Å². The Morgan fingerprint density at radius 1 is 0.483 bits per heavy atom. The van der Waals surface area contributed by atoms with Crippen molar-refractivity contribution in [3.05, 3.63) is 0 Å². The number of unbranched alkanes of at least 4 members (excludes halogenated alkanes) is 20. The average Bonchev–Trinajstić information content (AvgIpc) is 2.74. The van der Waals surface area contributed by atoms with Gasteiger partial charge in [-0.25, -0.2) is 0 Å². The van der Waals surface area contributed by atoms with Gasteiger partial charge in [0.2, 0.25) is 0 Å². The molecule has 0 bridgehead atoms. The molecule has 0 N–H and O–H groups in total. The maximum atomic E-state index is 8.79. The van der Waals surface area contributed by atoms with Crippen LogP contribution in [0.5, 0.6) is 0 Å². The van der Waals surface area contributed by atoms with Crippen LogP contribution in [0.1, 0.15) is 168 Å². The van der Waals surface area contributed by atoms with Crippen molar-refractivity contribution in [2.75, 3.05) is 0 Å². The van der Waals surface area contributed by atoms with Crippen LogP contribution in [-0.2, 0) is 0 Å². The van der Waals surface area contributed by atoms with E-state index in [-0.39, 0.29) is 0 Å². The van der Waals surface area contributed by atoms with Gasteiger partial charge in [0.05, 0.1) is 6.07 Å². The lowest BCUT2D eigenvalue weighted by Gasteiger charge is -2.10. The zero-order valence-electron chi connectivity index (χ0n) is 20.5. The number of rotatable bonds is 24. The highest BCUT2D eigenvalue weighted by molar-refractivity contribution is 4.74. The predicted octanol–water partition coefficient (Wildman–Crippen LogP) is 10.5. The van der Waals surface area contributed by atoms with Crippen LogP contribution in [0.2, 0.25) is 0 Å². The summed E-state index contributed by atoms with van der Waals surface area (Å²) < 4.78 is 0. The van der Waals surface area contributed by atoms with E-state index < -0.39 is 0 Å². The van der Waals surface area contributed by atoms with E-state index in [1.165, 1.54) is 148 Å². The van der Waals surface area contributed by atoms with Gasteiger partial charge < -0.3 is 0 Å². The lowest BCUT2D eigenvalue weighted by atomic mass is 9.95. The van der Waals surface area contributed by atoms with Crippen LogP contribution in [0.25, 0.3) is 0 Å². The zero-order valence-corrected chi connectivity index (χ0v) is 20.5. The Morgan fingerprint density at radius 2 is 0.793 bits per heavy atom. The van der Waals surface area contributed by atoms with Gasteiger partial charge in [-0.15, -0.1) is 0 Å². The monoisotopic (exact) mass is 405 g/mol. The highest BCUT2D eigenvalue weighted by atomic mass is 14.2. The molecule has 172 valence electrons. The lowest BCUT2D eigenvalue weighted by molar-refractivity contribution is 0.444. The molecule has 0 fully saturated rings. The first-order valence-electron chi connectivity index (χ1n) is 13.7. The minimum atomic E-state index is 0.653. The molecule has 0 radical (unpaired) electrons. The third kappa shape index (κ3) is 23.6. The molecule has 0 saturated carbocycles. The van der Waals surface area contributed by atoms with E-state index in [2.05, 4.69) is 19.9 Å². The molecule has 0 rings (SSSR count). The maximum absolute atomic E-state index is 8.79. The fraction of sp³-hybridized carbons (Fsp3) is 0.964. The van der Waals surface area contributed by atoms with Crippen molar-refractivity contribution in [3.8, 4) is 6.07 Å². The molecule has 0 aliphatic rings. The molecule has 0 spiro atoms. The minimum absolute atomic E-state index is 0.653. The van der Waals surface area contributed by atoms with E-state index in [9.17, 15) is 0 Å². The van der Waals surface area contributed by atoms with Gasteiger partial charge in [-0.05, 0) is 12.3 Å². The van der Waals surface area contributed by atoms with E-state index in [0.29, 0.717) is 5.92 Å². The molecule has 1 nitrogen and oxygen atoms in total. The van der Waals surface area contributed by atoms with Gasteiger partial charge in [0.1, 0.15) is 0 Å². The Labute approximate surface area is 185 Å². The summed E-state index contributed by atoms with van der Waals surface area (Å²) in [7, 11) is 0. The van der Waals surface area contributed by atoms with Crippen molar-refractivity contribution < 1.29 is 0 Å². The molecule has 0 saturated heterocycles. The molecule has 1 heteroatoms. The molecular weight excluding hydrogens is 350 g/mol. The van der Waals surface area contributed by atoms with Gasteiger partial charge >= 0.3 is 0 Å². The number of hydrogen-bond donors (Lipinski definition) is 0. The average molecular weight is 406 g/mol. The van der Waals surface area contributed by atoms with Gasteiger partial charge in [-0.3, -0.25) is 0 Å². The van der Waals surface area contributed by atoms with Crippen LogP contribution < -0.4 is 0 Å². The summed E-state index contributed by atoms with van der Waals surface area (Å²) in [6.45, 7) is 4.52. The maximum Gasteiger partial charge on any atom is 0.0624 e. The lowest BCUT2D eigenvalue weighted by Crippen LogP contribution is -1.97. The second-order valence-electron chi connectivity index (χ2n) is 9.50. The van der Waals surface area contributed by atoms with Crippen molar-refractivity contribution in [2.24, 2.45) is 5.92 Å². The molecule has 0 aliphatic carbocycles. The van der Waals surface area contributed by atoms with Gasteiger partial charge in [0.15, 0.2) is 0 Å². The summed E-state index contributed by atoms with van der Waals surface area (Å²) in [5, 5.41) is 8.79. The van der Waals surface area contributed by atoms with E-state index in [1.54, 1.807) is 0 Å². The van der Waals surface area contributed by atoms with Gasteiger partial charge in [0, 0.05) is 6.42 Å². The molecule has 1 atom stereocenters. The highest BCUT2D eigenvalue weighted by Gasteiger charge is 2.04. The highest BCUT2D eigenvalue weighted by Crippen LogP contribution is 2.18. The summed E-state index contributed by atoms with van der Waals surface area (Å²) in [6, 6.07) is 2.33. The Kier molecular flexibility index (Phi) is 25.1. The molecule has 0 aromatic rings. The van der Waals surface area contributed by atoms with E-state index in [4.69, 9.17) is 5.26 Å². The van der Waals surface area contributed by atoms with Crippen molar-refractivity contribution in [1.82, 2.24) is 0 Å². The number of hydrogen-bond acceptors (Lipinski definition) is 1. The van der Waals surface area contributed by atoms with Crippen LogP contribution in [-0.4, -0.2) is 0 Å². The van der Waals surface area contributed by atoms with Crippen molar-refractivity contribution in [1.29, 1.82) is 5.26 Å². The smallest absolute Gasteiger partial charge is 0.0624 e. The standard InChI is InChI=1S/C28H55N/c1-3-5-6-7-8-9-10-11-12-13-14-15-16-17-18-19-20-21-22-23-24-25-28(4-2)26-27-29/h28H,3-26H2,1-2H3. The molecule has 0 amide bonds. The summed E-state index contributed by atoms with van der Waals surface area (Å²) in [6.07, 6.45) is 33.5. The largest absolute Gasteiger partial charge is 0.198 e. The van der Waals surface area contributed by atoms with Gasteiger partial charge in [0.25, 0.3) is 0 Å². The van der Waals surface area contributed by atoms with Crippen molar-refractivity contribution in [3.63, 3.8) is 0 Å². The molecular formula is C28H55N. The molecule has 1 unspecified atom stereocenters. The fourth-order valence-electron chi connectivity index (χ4n) is 4.44. The first-order valence-corrected chi connectivity index (χ1v) is 13.7. The molecule has 0 aromatic heterocycles. The summed E-state index contributed by atoms with van der Waals surface area (Å²) in [5.74, 6) is 0.653. The molecule has 0 aliphatic heterocycles. The van der Waals surface area contributed by atoms with Crippen LogP contribution in [0.3, 0.4) is 0 Å². The Morgan fingerprint density at radius 3 is 1.07 bits per heavy atom. The van der Waals surface area contributed by atoms with E-state index >= 15 is 0 Å². The summed E-state index contributed by atoms with van der Waals surface area (Å²) in [4.78, 5) is 0. The summed E-state index contributed by atoms with van der Waals surface area (Å²) in [5.41, 5.74) is 0. The van der Waals surface area contributed by atoms with Gasteiger partial charge in [-0.2, -0.15) is 5.26 Å². The Bertz CT molecular complexity index is 330. The number of nitrogens with zero attached hydrogens (tertiary/aromatic N) is 1. The fourth-order valence-corrected chi connectivity index (χ4v) is 4.44. The minimum Gasteiger partial charge on any atom is -0.198 e. The normalized spacial score (nSPS) is 12.2.